The third-order valence-electron chi connectivity index (χ3n) is 4.58. The van der Waals surface area contributed by atoms with Crippen LogP contribution in [0, 0.1) is 0 Å². The summed E-state index contributed by atoms with van der Waals surface area (Å²) in [6.07, 6.45) is 2.03. The molecule has 0 aromatic heterocycles. The lowest BCUT2D eigenvalue weighted by Gasteiger charge is -2.28. The molecule has 1 heteroatoms. The first-order chi connectivity index (χ1) is 10.0. The number of carbonyl (C=O) groups is 1. The predicted octanol–water partition coefficient (Wildman–Crippen LogP) is 4.71. The Bertz CT molecular complexity index is 558. The van der Waals surface area contributed by atoms with Crippen LogP contribution in [0.25, 0.3) is 0 Å². The molecule has 0 aliphatic rings. The fourth-order valence-electron chi connectivity index (χ4n) is 2.72. The molecular weight excluding hydrogens is 256 g/mol. The smallest absolute Gasteiger partial charge is 0.144 e. The minimum Gasteiger partial charge on any atom is -0.299 e. The van der Waals surface area contributed by atoms with Crippen molar-refractivity contribution in [1.29, 1.82) is 0 Å². The molecule has 1 nitrogen and oxygen atoms in total. The van der Waals surface area contributed by atoms with Crippen molar-refractivity contribution in [2.24, 2.45) is 0 Å². The van der Waals surface area contributed by atoms with E-state index in [1.54, 1.807) is 6.92 Å². The van der Waals surface area contributed by atoms with E-state index in [9.17, 15) is 4.79 Å². The minimum atomic E-state index is -0.571. The number of Topliss-reactive ketones (excluding diaryl/α,β-unsaturated/α-hetero) is 1. The summed E-state index contributed by atoms with van der Waals surface area (Å²) in [5, 5.41) is 0. The monoisotopic (exact) mass is 280 g/mol. The van der Waals surface area contributed by atoms with Crippen LogP contribution < -0.4 is 0 Å². The van der Waals surface area contributed by atoms with E-state index in [2.05, 4.69) is 62.4 Å². The van der Waals surface area contributed by atoms with Crippen LogP contribution in [0.1, 0.15) is 49.9 Å². The van der Waals surface area contributed by atoms with Crippen LogP contribution in [0.3, 0.4) is 0 Å². The number of rotatable bonds is 5. The average molecular weight is 280 g/mol. The van der Waals surface area contributed by atoms with Crippen LogP contribution in [0.5, 0.6) is 0 Å². The van der Waals surface area contributed by atoms with Gasteiger partial charge in [0.1, 0.15) is 5.78 Å². The third kappa shape index (κ3) is 2.92. The van der Waals surface area contributed by atoms with E-state index in [-0.39, 0.29) is 5.78 Å². The topological polar surface area (TPSA) is 17.1 Å². The van der Waals surface area contributed by atoms with Gasteiger partial charge in [0.15, 0.2) is 0 Å². The highest BCUT2D eigenvalue weighted by atomic mass is 16.1. The van der Waals surface area contributed by atoms with E-state index in [1.807, 2.05) is 6.92 Å². The van der Waals surface area contributed by atoms with Crippen molar-refractivity contribution in [2.75, 3.05) is 0 Å². The highest BCUT2D eigenvalue weighted by molar-refractivity contribution is 5.91. The lowest BCUT2D eigenvalue weighted by Crippen LogP contribution is -2.32. The lowest BCUT2D eigenvalue weighted by molar-refractivity contribution is -0.120. The lowest BCUT2D eigenvalue weighted by atomic mass is 9.73. The second kappa shape index (κ2) is 6.26. The van der Waals surface area contributed by atoms with E-state index < -0.39 is 5.41 Å². The van der Waals surface area contributed by atoms with E-state index in [1.165, 1.54) is 11.1 Å². The van der Waals surface area contributed by atoms with Crippen molar-refractivity contribution in [2.45, 2.75) is 46.0 Å². The summed E-state index contributed by atoms with van der Waals surface area (Å²) >= 11 is 0. The highest BCUT2D eigenvalue weighted by Crippen LogP contribution is 2.33. The van der Waals surface area contributed by atoms with Crippen molar-refractivity contribution in [3.8, 4) is 0 Å². The van der Waals surface area contributed by atoms with Gasteiger partial charge in [-0.25, -0.2) is 0 Å². The Kier molecular flexibility index (Phi) is 4.62. The normalized spacial score (nSPS) is 11.4. The van der Waals surface area contributed by atoms with E-state index in [4.69, 9.17) is 0 Å². The summed E-state index contributed by atoms with van der Waals surface area (Å²) in [7, 11) is 0. The molecule has 0 radical (unpaired) electrons. The van der Waals surface area contributed by atoms with Gasteiger partial charge >= 0.3 is 0 Å². The maximum absolute atomic E-state index is 12.4. The molecule has 21 heavy (non-hydrogen) atoms. The molecule has 0 aliphatic carbocycles. The molecular formula is C20H24O. The van der Waals surface area contributed by atoms with Crippen molar-refractivity contribution >= 4 is 5.78 Å². The zero-order valence-electron chi connectivity index (χ0n) is 13.4. The van der Waals surface area contributed by atoms with Crippen LogP contribution in [-0.2, 0) is 23.1 Å². The van der Waals surface area contributed by atoms with Gasteiger partial charge in [0.05, 0.1) is 5.41 Å². The van der Waals surface area contributed by atoms with Crippen molar-refractivity contribution < 1.29 is 4.79 Å². The molecule has 0 saturated carbocycles. The molecule has 110 valence electrons. The second-order valence-electron chi connectivity index (χ2n) is 5.78. The van der Waals surface area contributed by atoms with Gasteiger partial charge in [-0.15, -0.1) is 0 Å². The molecule has 2 rings (SSSR count). The Morgan fingerprint density at radius 1 is 0.810 bits per heavy atom. The first-order valence-electron chi connectivity index (χ1n) is 7.72. The molecule has 2 aromatic carbocycles. The van der Waals surface area contributed by atoms with Crippen molar-refractivity contribution in [3.63, 3.8) is 0 Å². The van der Waals surface area contributed by atoms with Gasteiger partial charge in [0.25, 0.3) is 0 Å². The fraction of sp³-hybridized carbons (Fsp3) is 0.350. The minimum absolute atomic E-state index is 0.177. The van der Waals surface area contributed by atoms with Crippen LogP contribution in [0.2, 0.25) is 0 Å². The quantitative estimate of drug-likeness (QED) is 0.775. The Balaban J connectivity index is 2.50. The zero-order chi connectivity index (χ0) is 15.5. The molecule has 2 aromatic rings. The van der Waals surface area contributed by atoms with Crippen LogP contribution in [0.15, 0.2) is 48.5 Å². The average Bonchev–Trinajstić information content (AvgIpc) is 2.54. The van der Waals surface area contributed by atoms with Crippen LogP contribution in [0.4, 0.5) is 0 Å². The van der Waals surface area contributed by atoms with Crippen LogP contribution >= 0.6 is 0 Å². The van der Waals surface area contributed by atoms with Gasteiger partial charge < -0.3 is 0 Å². The molecule has 0 fully saturated rings. The summed E-state index contributed by atoms with van der Waals surface area (Å²) in [6.45, 7) is 7.99. The van der Waals surface area contributed by atoms with Crippen molar-refractivity contribution in [3.05, 3.63) is 70.8 Å². The second-order valence-corrected chi connectivity index (χ2v) is 5.78. The first kappa shape index (κ1) is 15.5. The zero-order valence-corrected chi connectivity index (χ0v) is 13.4. The number of ketones is 1. The molecule has 0 bridgehead atoms. The third-order valence-corrected chi connectivity index (χ3v) is 4.58. The molecule has 0 atom stereocenters. The summed E-state index contributed by atoms with van der Waals surface area (Å²) in [5.41, 5.74) is 4.16. The Morgan fingerprint density at radius 2 is 1.14 bits per heavy atom. The number of hydrogen-bond acceptors (Lipinski definition) is 1. The largest absolute Gasteiger partial charge is 0.299 e. The molecule has 0 saturated heterocycles. The van der Waals surface area contributed by atoms with E-state index in [0.29, 0.717) is 0 Å². The molecule has 0 spiro atoms. The number of carbonyl (C=O) groups excluding carboxylic acids is 1. The van der Waals surface area contributed by atoms with Gasteiger partial charge in [-0.3, -0.25) is 4.79 Å². The molecule has 0 unspecified atom stereocenters. The molecule has 0 aliphatic heterocycles. The number of benzene rings is 2. The van der Waals surface area contributed by atoms with Gasteiger partial charge in [0.2, 0.25) is 0 Å². The summed E-state index contributed by atoms with van der Waals surface area (Å²) in [6, 6.07) is 16.9. The maximum atomic E-state index is 12.4. The van der Waals surface area contributed by atoms with Crippen LogP contribution in [-0.4, -0.2) is 5.78 Å². The SMILES string of the molecule is CCc1ccc(C(C)(C(C)=O)c2ccc(CC)cc2)cc1. The molecule has 0 amide bonds. The van der Waals surface area contributed by atoms with Gasteiger partial charge in [-0.1, -0.05) is 62.4 Å². The maximum Gasteiger partial charge on any atom is 0.144 e. The van der Waals surface area contributed by atoms with Crippen molar-refractivity contribution in [1.82, 2.24) is 0 Å². The predicted molar refractivity (Wildman–Crippen MR) is 88.8 cm³/mol. The Labute approximate surface area is 128 Å². The fourth-order valence-corrected chi connectivity index (χ4v) is 2.72. The first-order valence-corrected chi connectivity index (χ1v) is 7.72. The molecule has 0 heterocycles. The van der Waals surface area contributed by atoms with E-state index in [0.717, 1.165) is 24.0 Å². The standard InChI is InChI=1S/C20H24O/c1-5-16-7-11-18(12-8-16)20(4,15(3)21)19-13-9-17(6-2)10-14-19/h7-14H,5-6H2,1-4H3. The number of aryl methyl sites for hydroxylation is 2. The van der Waals surface area contributed by atoms with E-state index >= 15 is 0 Å². The summed E-state index contributed by atoms with van der Waals surface area (Å²) < 4.78 is 0. The van der Waals surface area contributed by atoms with Gasteiger partial charge in [-0.05, 0) is 48.9 Å². The van der Waals surface area contributed by atoms with Gasteiger partial charge in [-0.2, -0.15) is 0 Å². The Hall–Kier alpha value is -1.89. The highest BCUT2D eigenvalue weighted by Gasteiger charge is 2.33. The number of hydrogen-bond donors (Lipinski definition) is 0. The summed E-state index contributed by atoms with van der Waals surface area (Å²) in [5.74, 6) is 0.177. The van der Waals surface area contributed by atoms with Gasteiger partial charge in [0, 0.05) is 0 Å². The summed E-state index contributed by atoms with van der Waals surface area (Å²) in [4.78, 5) is 12.4. The molecule has 0 N–H and O–H groups in total. The Morgan fingerprint density at radius 3 is 1.38 bits per heavy atom.